The number of hydrogen-bond donors (Lipinski definition) is 1. The normalized spacial score (nSPS) is 17.5. The van der Waals surface area contributed by atoms with Crippen LogP contribution in [0, 0.1) is 0 Å². The van der Waals surface area contributed by atoms with Crippen LogP contribution in [0.15, 0.2) is 78.4 Å². The van der Waals surface area contributed by atoms with Crippen molar-refractivity contribution < 1.29 is 19.4 Å². The Morgan fingerprint density at radius 2 is 1.79 bits per heavy atom. The number of aliphatic hydroxyl groups excluding tert-OH is 1. The highest BCUT2D eigenvalue weighted by Crippen LogP contribution is 2.44. The lowest BCUT2D eigenvalue weighted by Crippen LogP contribution is -2.29. The van der Waals surface area contributed by atoms with Gasteiger partial charge in [-0.2, -0.15) is 0 Å². The third-order valence-electron chi connectivity index (χ3n) is 5.98. The summed E-state index contributed by atoms with van der Waals surface area (Å²) >= 11 is 1.36. The minimum atomic E-state index is -0.822. The van der Waals surface area contributed by atoms with Crippen LogP contribution in [0.4, 0.5) is 5.13 Å². The number of ketones is 1. The molecule has 2 heterocycles. The van der Waals surface area contributed by atoms with E-state index in [1.54, 1.807) is 55.6 Å². The molecule has 1 aliphatic rings. The Bertz CT molecular complexity index is 1420. The van der Waals surface area contributed by atoms with E-state index < -0.39 is 17.7 Å². The van der Waals surface area contributed by atoms with Crippen molar-refractivity contribution in [1.29, 1.82) is 0 Å². The third kappa shape index (κ3) is 3.64. The highest BCUT2D eigenvalue weighted by molar-refractivity contribution is 7.22. The molecule has 1 unspecified atom stereocenters. The van der Waals surface area contributed by atoms with Crippen LogP contribution >= 0.6 is 11.3 Å². The fourth-order valence-electron chi connectivity index (χ4n) is 4.16. The smallest absolute Gasteiger partial charge is 0.301 e. The zero-order valence-corrected chi connectivity index (χ0v) is 19.5. The maximum absolute atomic E-state index is 13.3. The molecule has 1 saturated heterocycles. The molecule has 1 aliphatic heterocycles. The average molecular weight is 471 g/mol. The molecule has 1 atom stereocenters. The van der Waals surface area contributed by atoms with Gasteiger partial charge in [0, 0.05) is 5.56 Å². The molecule has 6 nitrogen and oxygen atoms in total. The van der Waals surface area contributed by atoms with Crippen LogP contribution in [0.1, 0.15) is 29.7 Å². The molecule has 5 rings (SSSR count). The van der Waals surface area contributed by atoms with Gasteiger partial charge in [-0.05, 0) is 41.8 Å². The summed E-state index contributed by atoms with van der Waals surface area (Å²) < 4.78 is 6.21. The predicted octanol–water partition coefficient (Wildman–Crippen LogP) is 5.49. The second-order valence-corrected chi connectivity index (χ2v) is 8.97. The molecule has 3 aromatic carbocycles. The first-order valence-corrected chi connectivity index (χ1v) is 11.7. The number of amides is 1. The zero-order chi connectivity index (χ0) is 23.8. The standard InChI is InChI=1S/C27H22N2O4S/c1-3-16-9-14-20-21(15-16)34-27(28-20)29-23(17-10-12-19(33-2)13-11-17)22(25(31)26(29)32)24(30)18-7-5-4-6-8-18/h4-15,23,30H,3H2,1-2H3. The van der Waals surface area contributed by atoms with Crippen molar-refractivity contribution in [3.05, 3.63) is 95.1 Å². The van der Waals surface area contributed by atoms with E-state index in [0.717, 1.165) is 16.6 Å². The number of rotatable bonds is 5. The van der Waals surface area contributed by atoms with Crippen LogP contribution in [-0.2, 0) is 16.0 Å². The van der Waals surface area contributed by atoms with Gasteiger partial charge in [-0.25, -0.2) is 4.98 Å². The van der Waals surface area contributed by atoms with Crippen LogP contribution in [0.2, 0.25) is 0 Å². The first kappa shape index (κ1) is 21.9. The lowest BCUT2D eigenvalue weighted by Gasteiger charge is -2.23. The molecule has 0 radical (unpaired) electrons. The third-order valence-corrected chi connectivity index (χ3v) is 7.00. The van der Waals surface area contributed by atoms with E-state index in [9.17, 15) is 14.7 Å². The Labute approximate surface area is 200 Å². The number of ether oxygens (including phenoxy) is 1. The zero-order valence-electron chi connectivity index (χ0n) is 18.7. The molecule has 0 saturated carbocycles. The minimum absolute atomic E-state index is 0.0369. The number of aromatic nitrogens is 1. The van der Waals surface area contributed by atoms with Crippen LogP contribution in [0.25, 0.3) is 16.0 Å². The Kier molecular flexibility index (Phi) is 5.63. The number of aliphatic hydroxyl groups is 1. The quantitative estimate of drug-likeness (QED) is 0.237. The van der Waals surface area contributed by atoms with Gasteiger partial charge >= 0.3 is 5.91 Å². The summed E-state index contributed by atoms with van der Waals surface area (Å²) in [6, 6.07) is 21.1. The number of Topliss-reactive ketones (excluding diaryl/α,β-unsaturated/α-hetero) is 1. The summed E-state index contributed by atoms with van der Waals surface area (Å²) in [6.07, 6.45) is 0.886. The topological polar surface area (TPSA) is 79.7 Å². The van der Waals surface area contributed by atoms with Crippen LogP contribution in [0.3, 0.4) is 0 Å². The lowest BCUT2D eigenvalue weighted by molar-refractivity contribution is -0.132. The number of hydrogen-bond acceptors (Lipinski definition) is 6. The maximum Gasteiger partial charge on any atom is 0.301 e. The Morgan fingerprint density at radius 3 is 2.47 bits per heavy atom. The van der Waals surface area contributed by atoms with E-state index in [1.165, 1.54) is 21.8 Å². The molecule has 170 valence electrons. The minimum Gasteiger partial charge on any atom is -0.507 e. The van der Waals surface area contributed by atoms with E-state index in [4.69, 9.17) is 4.74 Å². The predicted molar refractivity (Wildman–Crippen MR) is 133 cm³/mol. The first-order valence-electron chi connectivity index (χ1n) is 10.9. The highest BCUT2D eigenvalue weighted by atomic mass is 32.1. The largest absolute Gasteiger partial charge is 0.507 e. The van der Waals surface area contributed by atoms with E-state index in [-0.39, 0.29) is 11.3 Å². The van der Waals surface area contributed by atoms with Crippen molar-refractivity contribution in [2.24, 2.45) is 0 Å². The number of carbonyl (C=O) groups is 2. The summed E-state index contributed by atoms with van der Waals surface area (Å²) in [5, 5.41) is 11.6. The number of thiazole rings is 1. The van der Waals surface area contributed by atoms with Crippen LogP contribution in [0.5, 0.6) is 5.75 Å². The van der Waals surface area contributed by atoms with E-state index in [0.29, 0.717) is 22.0 Å². The van der Waals surface area contributed by atoms with Crippen molar-refractivity contribution in [3.63, 3.8) is 0 Å². The van der Waals surface area contributed by atoms with Gasteiger partial charge in [-0.15, -0.1) is 0 Å². The summed E-state index contributed by atoms with van der Waals surface area (Å²) in [5.41, 5.74) is 3.10. The van der Waals surface area contributed by atoms with Gasteiger partial charge in [0.2, 0.25) is 0 Å². The van der Waals surface area contributed by atoms with Gasteiger partial charge in [0.25, 0.3) is 5.78 Å². The fraction of sp³-hybridized carbons (Fsp3) is 0.148. The molecule has 0 bridgehead atoms. The fourth-order valence-corrected chi connectivity index (χ4v) is 5.22. The molecule has 1 N–H and O–H groups in total. The average Bonchev–Trinajstić information content (AvgIpc) is 3.41. The van der Waals surface area contributed by atoms with Gasteiger partial charge in [-0.3, -0.25) is 14.5 Å². The van der Waals surface area contributed by atoms with E-state index >= 15 is 0 Å². The number of methoxy groups -OCH3 is 1. The van der Waals surface area contributed by atoms with Gasteiger partial charge in [-0.1, -0.05) is 66.8 Å². The number of anilines is 1. The molecular formula is C27H22N2O4S. The highest BCUT2D eigenvalue weighted by Gasteiger charge is 2.48. The molecule has 1 amide bonds. The van der Waals surface area contributed by atoms with Crippen LogP contribution < -0.4 is 9.64 Å². The monoisotopic (exact) mass is 470 g/mol. The summed E-state index contributed by atoms with van der Waals surface area (Å²) in [5.74, 6) is -1.02. The van der Waals surface area contributed by atoms with Crippen molar-refractivity contribution in [2.45, 2.75) is 19.4 Å². The number of fused-ring (bicyclic) bond motifs is 1. The van der Waals surface area contributed by atoms with Gasteiger partial charge < -0.3 is 9.84 Å². The van der Waals surface area contributed by atoms with Crippen molar-refractivity contribution >= 4 is 44.1 Å². The second kappa shape index (κ2) is 8.76. The molecular weight excluding hydrogens is 448 g/mol. The Balaban J connectivity index is 1.71. The van der Waals surface area contributed by atoms with Gasteiger partial charge in [0.05, 0.1) is 28.9 Å². The maximum atomic E-state index is 13.3. The van der Waals surface area contributed by atoms with Gasteiger partial charge in [0.1, 0.15) is 11.5 Å². The molecule has 0 spiro atoms. The molecule has 1 aromatic heterocycles. The van der Waals surface area contributed by atoms with Gasteiger partial charge in [0.15, 0.2) is 5.13 Å². The van der Waals surface area contributed by atoms with Crippen molar-refractivity contribution in [1.82, 2.24) is 4.98 Å². The van der Waals surface area contributed by atoms with E-state index in [1.807, 2.05) is 18.2 Å². The van der Waals surface area contributed by atoms with Crippen molar-refractivity contribution in [2.75, 3.05) is 12.0 Å². The summed E-state index contributed by atoms with van der Waals surface area (Å²) in [7, 11) is 1.57. The molecule has 0 aliphatic carbocycles. The number of aryl methyl sites for hydroxylation is 1. The van der Waals surface area contributed by atoms with E-state index in [2.05, 4.69) is 18.0 Å². The molecule has 34 heavy (non-hydrogen) atoms. The Morgan fingerprint density at radius 1 is 1.06 bits per heavy atom. The Hall–Kier alpha value is -3.97. The molecule has 7 heteroatoms. The molecule has 4 aromatic rings. The van der Waals surface area contributed by atoms with Crippen molar-refractivity contribution in [3.8, 4) is 5.75 Å². The number of carbonyl (C=O) groups excluding carboxylic acids is 2. The lowest BCUT2D eigenvalue weighted by atomic mass is 9.95. The summed E-state index contributed by atoms with van der Waals surface area (Å²) in [4.78, 5) is 32.7. The SMILES string of the molecule is CCc1ccc2nc(N3C(=O)C(=O)C(=C(O)c4ccccc4)C3c3ccc(OC)cc3)sc2c1. The summed E-state index contributed by atoms with van der Waals surface area (Å²) in [6.45, 7) is 2.08. The van der Waals surface area contributed by atoms with Crippen LogP contribution in [-0.4, -0.2) is 28.9 Å². The first-order chi connectivity index (χ1) is 16.5. The molecule has 1 fully saturated rings. The second-order valence-electron chi connectivity index (χ2n) is 7.96. The number of benzene rings is 3. The number of nitrogens with zero attached hydrogens (tertiary/aromatic N) is 2.